The molecule has 178 valence electrons. The molecule has 0 atom stereocenters. The molecule has 6 heteroatoms. The highest BCUT2D eigenvalue weighted by atomic mass is 14.7. The molecule has 0 unspecified atom stereocenters. The van der Waals surface area contributed by atoms with Crippen LogP contribution in [-0.2, 0) is 0 Å². The van der Waals surface area contributed by atoms with Crippen LogP contribution in [0.4, 0.5) is 5.69 Å². The molecule has 6 rings (SSSR count). The summed E-state index contributed by atoms with van der Waals surface area (Å²) >= 11 is 0. The van der Waals surface area contributed by atoms with E-state index in [0.29, 0.717) is 5.69 Å². The average molecular weight is 489 g/mol. The fourth-order valence-electron chi connectivity index (χ4n) is 4.32. The minimum Gasteiger partial charge on any atom is -0.276 e. The van der Waals surface area contributed by atoms with Crippen molar-refractivity contribution in [1.82, 2.24) is 24.9 Å². The van der Waals surface area contributed by atoms with E-state index in [1.165, 1.54) is 0 Å². The van der Waals surface area contributed by atoms with E-state index in [4.69, 9.17) is 6.57 Å². The first-order valence-electron chi connectivity index (χ1n) is 12.0. The van der Waals surface area contributed by atoms with Crippen molar-refractivity contribution in [3.8, 4) is 55.9 Å². The lowest BCUT2D eigenvalue weighted by molar-refractivity contribution is 1.27. The Morgan fingerprint density at radius 2 is 0.868 bits per heavy atom. The molecular formula is C32H20N6. The molecule has 0 saturated heterocycles. The molecule has 6 nitrogen and oxygen atoms in total. The number of nitrogens with zero attached hydrogens (tertiary/aromatic N) is 6. The van der Waals surface area contributed by atoms with Crippen molar-refractivity contribution in [2.24, 2.45) is 0 Å². The summed E-state index contributed by atoms with van der Waals surface area (Å²) in [6.45, 7) is 7.42. The number of rotatable bonds is 5. The largest absolute Gasteiger partial charge is 0.276 e. The Balaban J connectivity index is 1.51. The maximum Gasteiger partial charge on any atom is 0.205 e. The maximum atomic E-state index is 7.42. The van der Waals surface area contributed by atoms with Gasteiger partial charge in [-0.25, -0.2) is 4.85 Å². The van der Waals surface area contributed by atoms with E-state index in [1.54, 1.807) is 24.8 Å². The van der Waals surface area contributed by atoms with Gasteiger partial charge in [-0.1, -0.05) is 12.1 Å². The lowest BCUT2D eigenvalue weighted by Crippen LogP contribution is -1.90. The van der Waals surface area contributed by atoms with Gasteiger partial charge in [0, 0.05) is 71.8 Å². The highest BCUT2D eigenvalue weighted by molar-refractivity contribution is 5.83. The fraction of sp³-hybridized carbons (Fsp3) is 0. The molecule has 0 aliphatic carbocycles. The smallest absolute Gasteiger partial charge is 0.205 e. The first kappa shape index (κ1) is 22.9. The van der Waals surface area contributed by atoms with Crippen LogP contribution in [0, 0.1) is 6.57 Å². The van der Waals surface area contributed by atoms with E-state index in [1.807, 2.05) is 67.3 Å². The summed E-state index contributed by atoms with van der Waals surface area (Å²) in [5.74, 6) is 0. The second-order valence-electron chi connectivity index (χ2n) is 8.70. The summed E-state index contributed by atoms with van der Waals surface area (Å²) < 4.78 is 0. The molecule has 5 aromatic heterocycles. The van der Waals surface area contributed by atoms with Gasteiger partial charge in [-0.05, 0) is 82.9 Å². The van der Waals surface area contributed by atoms with Crippen LogP contribution in [-0.4, -0.2) is 24.9 Å². The number of aromatic nitrogens is 5. The van der Waals surface area contributed by atoms with Crippen molar-refractivity contribution in [1.29, 1.82) is 0 Å². The Kier molecular flexibility index (Phi) is 6.15. The minimum atomic E-state index is 0.493. The van der Waals surface area contributed by atoms with Gasteiger partial charge >= 0.3 is 0 Å². The number of hydrogen-bond acceptors (Lipinski definition) is 5. The Morgan fingerprint density at radius 1 is 0.447 bits per heavy atom. The second-order valence-corrected chi connectivity index (χ2v) is 8.70. The molecule has 0 bridgehead atoms. The van der Waals surface area contributed by atoms with E-state index in [-0.39, 0.29) is 0 Å². The SMILES string of the molecule is [C-]#[N+]c1cncc(-c2cc(-c3cncc(-c4ccccn4)c3)cc(-c3cncc(-c4ccccn4)c3)c2)c1. The molecule has 0 fully saturated rings. The van der Waals surface area contributed by atoms with Gasteiger partial charge in [0.1, 0.15) is 0 Å². The number of hydrogen-bond donors (Lipinski definition) is 0. The van der Waals surface area contributed by atoms with Crippen LogP contribution in [0.3, 0.4) is 0 Å². The van der Waals surface area contributed by atoms with E-state index < -0.39 is 0 Å². The van der Waals surface area contributed by atoms with Gasteiger partial charge in [0.05, 0.1) is 18.0 Å². The standard InChI is InChI=1S/C32H20N6/c1-33-30-15-27(18-36-21-30)24-11-22(25-13-28(19-34-16-25)31-6-2-4-8-37-31)10-23(12-24)26-14-29(20-35-17-26)32-7-3-5-9-38-32/h2-21H. The van der Waals surface area contributed by atoms with Crippen LogP contribution >= 0.6 is 0 Å². The van der Waals surface area contributed by atoms with E-state index >= 15 is 0 Å². The molecule has 5 heterocycles. The van der Waals surface area contributed by atoms with Gasteiger partial charge in [0.25, 0.3) is 0 Å². The number of pyridine rings is 5. The van der Waals surface area contributed by atoms with E-state index in [2.05, 4.69) is 60.1 Å². The summed E-state index contributed by atoms with van der Waals surface area (Å²) in [4.78, 5) is 25.8. The summed E-state index contributed by atoms with van der Waals surface area (Å²) in [5, 5.41) is 0. The van der Waals surface area contributed by atoms with Gasteiger partial charge in [0.2, 0.25) is 5.69 Å². The molecule has 0 aliphatic heterocycles. The third-order valence-corrected chi connectivity index (χ3v) is 6.18. The second kappa shape index (κ2) is 10.2. The predicted molar refractivity (Wildman–Crippen MR) is 149 cm³/mol. The molecule has 1 aromatic carbocycles. The molecule has 0 amide bonds. The molecule has 6 aromatic rings. The van der Waals surface area contributed by atoms with Crippen LogP contribution in [0.15, 0.2) is 122 Å². The first-order valence-corrected chi connectivity index (χ1v) is 12.0. The highest BCUT2D eigenvalue weighted by Crippen LogP contribution is 2.35. The van der Waals surface area contributed by atoms with Crippen molar-refractivity contribution < 1.29 is 0 Å². The maximum absolute atomic E-state index is 7.42. The first-order chi connectivity index (χ1) is 18.8. The van der Waals surface area contributed by atoms with Crippen LogP contribution < -0.4 is 0 Å². The van der Waals surface area contributed by atoms with Gasteiger partial charge in [-0.2, -0.15) is 0 Å². The molecular weight excluding hydrogens is 468 g/mol. The van der Waals surface area contributed by atoms with Gasteiger partial charge in [-0.3, -0.25) is 24.9 Å². The van der Waals surface area contributed by atoms with Crippen LogP contribution in [0.25, 0.3) is 60.7 Å². The van der Waals surface area contributed by atoms with Crippen molar-refractivity contribution in [2.75, 3.05) is 0 Å². The third-order valence-electron chi connectivity index (χ3n) is 6.18. The summed E-state index contributed by atoms with van der Waals surface area (Å²) in [5.41, 5.74) is 9.78. The lowest BCUT2D eigenvalue weighted by atomic mass is 9.93. The average Bonchev–Trinajstić information content (AvgIpc) is 3.02. The van der Waals surface area contributed by atoms with Crippen LogP contribution in [0.1, 0.15) is 0 Å². The highest BCUT2D eigenvalue weighted by Gasteiger charge is 2.11. The van der Waals surface area contributed by atoms with Crippen molar-refractivity contribution in [3.05, 3.63) is 134 Å². The monoisotopic (exact) mass is 488 g/mol. The van der Waals surface area contributed by atoms with Crippen molar-refractivity contribution in [2.45, 2.75) is 0 Å². The topological polar surface area (TPSA) is 68.8 Å². The zero-order chi connectivity index (χ0) is 25.7. The number of benzene rings is 1. The Bertz CT molecular complexity index is 1670. The fourth-order valence-corrected chi connectivity index (χ4v) is 4.32. The van der Waals surface area contributed by atoms with E-state index in [9.17, 15) is 0 Å². The summed E-state index contributed by atoms with van der Waals surface area (Å²) in [6.07, 6.45) is 14.3. The van der Waals surface area contributed by atoms with E-state index in [0.717, 1.165) is 55.9 Å². The van der Waals surface area contributed by atoms with Crippen molar-refractivity contribution >= 4 is 5.69 Å². The summed E-state index contributed by atoms with van der Waals surface area (Å²) in [6, 6.07) is 24.0. The molecule has 0 aliphatic rings. The predicted octanol–water partition coefficient (Wildman–Crippen LogP) is 7.55. The normalized spacial score (nSPS) is 10.6. The van der Waals surface area contributed by atoms with Gasteiger partial charge in [0.15, 0.2) is 0 Å². The zero-order valence-corrected chi connectivity index (χ0v) is 20.2. The minimum absolute atomic E-state index is 0.493. The summed E-state index contributed by atoms with van der Waals surface area (Å²) in [7, 11) is 0. The third kappa shape index (κ3) is 4.77. The Morgan fingerprint density at radius 3 is 1.32 bits per heavy atom. The van der Waals surface area contributed by atoms with Crippen LogP contribution in [0.5, 0.6) is 0 Å². The van der Waals surface area contributed by atoms with Gasteiger partial charge < -0.3 is 0 Å². The molecule has 0 spiro atoms. The van der Waals surface area contributed by atoms with Gasteiger partial charge in [-0.15, -0.1) is 0 Å². The molecule has 0 radical (unpaired) electrons. The molecule has 0 saturated carbocycles. The van der Waals surface area contributed by atoms with Crippen molar-refractivity contribution in [3.63, 3.8) is 0 Å². The zero-order valence-electron chi connectivity index (χ0n) is 20.2. The quantitative estimate of drug-likeness (QED) is 0.234. The van der Waals surface area contributed by atoms with Crippen LogP contribution in [0.2, 0.25) is 0 Å². The Labute approximate surface area is 220 Å². The Hall–Kier alpha value is -5.54. The lowest BCUT2D eigenvalue weighted by Gasteiger charge is -2.12. The molecule has 38 heavy (non-hydrogen) atoms. The molecule has 0 N–H and O–H groups in total.